The number of hydrogen-bond donors (Lipinski definition) is 0. The third kappa shape index (κ3) is 4.77. The molecule has 0 N–H and O–H groups in total. The second-order valence-corrected chi connectivity index (χ2v) is 10.1. The van der Waals surface area contributed by atoms with Crippen molar-refractivity contribution in [2.24, 2.45) is 5.10 Å². The smallest absolute Gasteiger partial charge is 0.255 e. The lowest BCUT2D eigenvalue weighted by molar-refractivity contribution is -0.249. The van der Waals surface area contributed by atoms with E-state index >= 15 is 0 Å². The quantitative estimate of drug-likeness (QED) is 0.372. The lowest BCUT2D eigenvalue weighted by Crippen LogP contribution is -2.43. The van der Waals surface area contributed by atoms with Crippen molar-refractivity contribution in [3.8, 4) is 11.1 Å². The van der Waals surface area contributed by atoms with Crippen molar-refractivity contribution in [1.29, 1.82) is 0 Å². The van der Waals surface area contributed by atoms with Gasteiger partial charge in [0.15, 0.2) is 9.84 Å². The molecule has 1 aliphatic rings. The highest BCUT2D eigenvalue weighted by Crippen LogP contribution is 2.45. The summed E-state index contributed by atoms with van der Waals surface area (Å²) in [5, 5.41) is 4.37. The van der Waals surface area contributed by atoms with Gasteiger partial charge >= 0.3 is 12.1 Å². The predicted octanol–water partition coefficient (Wildman–Crippen LogP) is 6.40. The Morgan fingerprint density at radius 1 is 0.886 bits per heavy atom. The first-order valence-electron chi connectivity index (χ1n) is 10.3. The molecule has 3 aromatic carbocycles. The van der Waals surface area contributed by atoms with Gasteiger partial charge in [-0.3, -0.25) is 5.01 Å². The topological polar surface area (TPSA) is 49.7 Å². The Bertz CT molecular complexity index is 1390. The average molecular weight is 512 g/mol. The van der Waals surface area contributed by atoms with E-state index in [1.807, 2.05) is 0 Å². The minimum Gasteiger partial charge on any atom is -0.255 e. The maximum atomic E-state index is 14.5. The molecule has 0 fully saturated rings. The molecule has 1 atom stereocenters. The van der Waals surface area contributed by atoms with Crippen molar-refractivity contribution >= 4 is 21.2 Å². The zero-order chi connectivity index (χ0) is 25.6. The molecule has 0 saturated carbocycles. The highest BCUT2D eigenvalue weighted by Gasteiger charge is 2.62. The lowest BCUT2D eigenvalue weighted by Gasteiger charge is -2.24. The van der Waals surface area contributed by atoms with Crippen LogP contribution in [0.25, 0.3) is 11.1 Å². The summed E-state index contributed by atoms with van der Waals surface area (Å²) in [5.74, 6) is -6.02. The molecule has 1 unspecified atom stereocenters. The zero-order valence-corrected chi connectivity index (χ0v) is 18.9. The van der Waals surface area contributed by atoms with Crippen molar-refractivity contribution in [2.45, 2.75) is 29.5 Å². The second-order valence-electron chi connectivity index (χ2n) is 8.06. The van der Waals surface area contributed by atoms with Crippen LogP contribution in [-0.2, 0) is 9.84 Å². The molecule has 0 saturated heterocycles. The van der Waals surface area contributed by atoms with Gasteiger partial charge in [-0.05, 0) is 47.0 Å². The number of anilines is 1. The number of benzene rings is 3. The van der Waals surface area contributed by atoms with E-state index in [-0.39, 0.29) is 10.6 Å². The fraction of sp³-hybridized carbons (Fsp3) is 0.208. The molecule has 4 nitrogen and oxygen atoms in total. The minimum atomic E-state index is -5.86. The number of hydrazone groups is 1. The van der Waals surface area contributed by atoms with Gasteiger partial charge in [0.25, 0.3) is 0 Å². The first-order valence-corrected chi connectivity index (χ1v) is 12.1. The van der Waals surface area contributed by atoms with Gasteiger partial charge in [-0.1, -0.05) is 42.5 Å². The maximum Gasteiger partial charge on any atom is 0.459 e. The summed E-state index contributed by atoms with van der Waals surface area (Å²) in [6, 6.07) is 16.2. The highest BCUT2D eigenvalue weighted by molar-refractivity contribution is 7.90. The largest absolute Gasteiger partial charge is 0.459 e. The van der Waals surface area contributed by atoms with Crippen LogP contribution in [0.4, 0.5) is 32.0 Å². The second kappa shape index (κ2) is 8.71. The van der Waals surface area contributed by atoms with Crippen LogP contribution in [-0.4, -0.2) is 32.5 Å². The third-order valence-corrected chi connectivity index (χ3v) is 6.74. The molecule has 0 bridgehead atoms. The van der Waals surface area contributed by atoms with Crippen LogP contribution in [0.3, 0.4) is 0 Å². The summed E-state index contributed by atoms with van der Waals surface area (Å²) in [4.78, 5) is 0.103. The van der Waals surface area contributed by atoms with Crippen LogP contribution in [0.2, 0.25) is 0 Å². The first kappa shape index (κ1) is 24.8. The summed E-state index contributed by atoms with van der Waals surface area (Å²) in [7, 11) is -3.42. The minimum absolute atomic E-state index is 0.103. The van der Waals surface area contributed by atoms with Gasteiger partial charge in [-0.15, -0.1) is 0 Å². The highest BCUT2D eigenvalue weighted by atomic mass is 32.2. The van der Waals surface area contributed by atoms with Gasteiger partial charge < -0.3 is 0 Å². The van der Waals surface area contributed by atoms with Gasteiger partial charge in [0.1, 0.15) is 11.5 Å². The van der Waals surface area contributed by atoms with Crippen LogP contribution >= 0.6 is 0 Å². The number of halogens is 6. The van der Waals surface area contributed by atoms with E-state index in [0.717, 1.165) is 17.3 Å². The Kier molecular flexibility index (Phi) is 6.16. The Labute approximate surface area is 197 Å². The van der Waals surface area contributed by atoms with Crippen molar-refractivity contribution in [2.75, 3.05) is 11.3 Å². The van der Waals surface area contributed by atoms with Crippen molar-refractivity contribution in [3.05, 3.63) is 84.2 Å². The predicted molar refractivity (Wildman–Crippen MR) is 120 cm³/mol. The van der Waals surface area contributed by atoms with E-state index in [9.17, 15) is 34.8 Å². The molecule has 0 aromatic heterocycles. The molecule has 1 aliphatic heterocycles. The van der Waals surface area contributed by atoms with E-state index in [4.69, 9.17) is 0 Å². The molecular weight excluding hydrogens is 494 g/mol. The van der Waals surface area contributed by atoms with Crippen LogP contribution in [0, 0.1) is 5.82 Å². The Hall–Kier alpha value is -3.34. The summed E-state index contributed by atoms with van der Waals surface area (Å²) in [6.45, 7) is 0. The number of hydrogen-bond acceptors (Lipinski definition) is 4. The number of nitrogens with zero attached hydrogens (tertiary/aromatic N) is 2. The van der Waals surface area contributed by atoms with E-state index in [1.54, 1.807) is 30.3 Å². The molecule has 0 spiro atoms. The zero-order valence-electron chi connectivity index (χ0n) is 18.1. The maximum absolute atomic E-state index is 14.5. The van der Waals surface area contributed by atoms with Crippen molar-refractivity contribution in [1.82, 2.24) is 0 Å². The molecule has 35 heavy (non-hydrogen) atoms. The lowest BCUT2D eigenvalue weighted by atomic mass is 9.95. The summed E-state index contributed by atoms with van der Waals surface area (Å²) in [6.07, 6.45) is -5.57. The number of rotatable bonds is 5. The average Bonchev–Trinajstić information content (AvgIpc) is 3.24. The molecule has 4 rings (SSSR count). The van der Waals surface area contributed by atoms with Crippen molar-refractivity contribution < 1.29 is 34.8 Å². The van der Waals surface area contributed by atoms with E-state index < -0.39 is 45.9 Å². The van der Waals surface area contributed by atoms with Gasteiger partial charge in [0, 0.05) is 12.7 Å². The first-order chi connectivity index (χ1) is 16.3. The molecule has 3 aromatic rings. The van der Waals surface area contributed by atoms with E-state index in [2.05, 4.69) is 5.10 Å². The number of alkyl halides is 5. The third-order valence-electron chi connectivity index (χ3n) is 5.62. The summed E-state index contributed by atoms with van der Waals surface area (Å²) in [5.41, 5.74) is -0.173. The van der Waals surface area contributed by atoms with E-state index in [1.165, 1.54) is 36.4 Å². The van der Waals surface area contributed by atoms with Gasteiger partial charge in [-0.25, -0.2) is 12.8 Å². The summed E-state index contributed by atoms with van der Waals surface area (Å²) >= 11 is 0. The molecule has 11 heteroatoms. The van der Waals surface area contributed by atoms with Crippen LogP contribution in [0.1, 0.15) is 18.0 Å². The monoisotopic (exact) mass is 512 g/mol. The van der Waals surface area contributed by atoms with Crippen LogP contribution in [0.15, 0.2) is 82.8 Å². The van der Waals surface area contributed by atoms with Crippen LogP contribution < -0.4 is 5.01 Å². The molecule has 0 radical (unpaired) electrons. The SMILES string of the molecule is CS(=O)(=O)c1ccc(-c2cccc(C3CC(C(F)(F)C(F)(F)F)=NN3c3ccccc3F)c2)cc1. The van der Waals surface area contributed by atoms with Crippen LogP contribution in [0.5, 0.6) is 0 Å². The number of sulfone groups is 1. The Morgan fingerprint density at radius 3 is 2.14 bits per heavy atom. The van der Waals surface area contributed by atoms with Gasteiger partial charge in [0.2, 0.25) is 0 Å². The number of para-hydroxylation sites is 1. The van der Waals surface area contributed by atoms with Crippen molar-refractivity contribution in [3.63, 3.8) is 0 Å². The van der Waals surface area contributed by atoms with Gasteiger partial charge in [-0.2, -0.15) is 27.1 Å². The normalized spacial score (nSPS) is 16.9. The van der Waals surface area contributed by atoms with Gasteiger partial charge in [0.05, 0.1) is 16.6 Å². The Balaban J connectivity index is 1.76. The molecule has 1 heterocycles. The Morgan fingerprint density at radius 2 is 1.54 bits per heavy atom. The standard InChI is InChI=1S/C24H18F6N2O2S/c1-35(33,34)18-11-9-15(10-12-18)16-5-4-6-17(13-16)21-14-22(23(26,27)24(28,29)30)31-32(21)20-8-3-2-7-19(20)25/h2-13,21H,14H2,1H3. The fourth-order valence-electron chi connectivity index (χ4n) is 3.80. The summed E-state index contributed by atoms with van der Waals surface area (Å²) < 4.78 is 105. The van der Waals surface area contributed by atoms with E-state index in [0.29, 0.717) is 16.7 Å². The fourth-order valence-corrected chi connectivity index (χ4v) is 4.43. The molecule has 0 aliphatic carbocycles. The molecule has 0 amide bonds. The molecular formula is C24H18F6N2O2S. The molecule has 184 valence electrons.